The van der Waals surface area contributed by atoms with E-state index in [1.165, 1.54) is 0 Å². The zero-order valence-corrected chi connectivity index (χ0v) is 16.8. The van der Waals surface area contributed by atoms with Crippen molar-refractivity contribution in [2.45, 2.75) is 19.5 Å². The summed E-state index contributed by atoms with van der Waals surface area (Å²) in [5.74, 6) is 1.88. The molecule has 2 N–H and O–H groups in total. The number of benzene rings is 2. The monoisotopic (exact) mass is 406 g/mol. The van der Waals surface area contributed by atoms with E-state index in [4.69, 9.17) is 4.74 Å². The third-order valence-corrected chi connectivity index (χ3v) is 5.25. The SMILES string of the molecule is O=C(NCCOc1ccccc1)c1cnc2n1CCN(Cc1ccccc1O)CC2. The number of hydrogen-bond acceptors (Lipinski definition) is 5. The molecule has 0 radical (unpaired) electrons. The molecule has 2 heterocycles. The van der Waals surface area contributed by atoms with Crippen molar-refractivity contribution in [3.05, 3.63) is 77.9 Å². The highest BCUT2D eigenvalue weighted by atomic mass is 16.5. The summed E-state index contributed by atoms with van der Waals surface area (Å²) < 4.78 is 7.62. The zero-order valence-electron chi connectivity index (χ0n) is 16.8. The maximum Gasteiger partial charge on any atom is 0.269 e. The number of phenols is 1. The predicted molar refractivity (Wildman–Crippen MR) is 114 cm³/mol. The average molecular weight is 406 g/mol. The quantitative estimate of drug-likeness (QED) is 0.589. The Kier molecular flexibility index (Phi) is 6.29. The minimum atomic E-state index is -0.139. The van der Waals surface area contributed by atoms with Gasteiger partial charge in [-0.25, -0.2) is 4.98 Å². The lowest BCUT2D eigenvalue weighted by molar-refractivity contribution is 0.0937. The highest BCUT2D eigenvalue weighted by Crippen LogP contribution is 2.19. The van der Waals surface area contributed by atoms with Gasteiger partial charge in [0, 0.05) is 38.2 Å². The van der Waals surface area contributed by atoms with Crippen molar-refractivity contribution in [2.24, 2.45) is 0 Å². The standard InChI is InChI=1S/C23H26N4O3/c28-21-9-5-4-6-18(21)17-26-12-10-22-25-16-20(27(22)14-13-26)23(29)24-11-15-30-19-7-2-1-3-8-19/h1-9,16,28H,10-15,17H2,(H,24,29). The molecule has 0 unspecified atom stereocenters. The molecule has 0 spiro atoms. The van der Waals surface area contributed by atoms with Crippen LogP contribution in [0.1, 0.15) is 21.9 Å². The Morgan fingerprint density at radius 3 is 2.70 bits per heavy atom. The molecule has 1 aliphatic rings. The number of aromatic hydroxyl groups is 1. The van der Waals surface area contributed by atoms with Crippen molar-refractivity contribution in [3.8, 4) is 11.5 Å². The fourth-order valence-corrected chi connectivity index (χ4v) is 3.64. The fraction of sp³-hybridized carbons (Fsp3) is 0.304. The summed E-state index contributed by atoms with van der Waals surface area (Å²) in [4.78, 5) is 19.4. The summed E-state index contributed by atoms with van der Waals surface area (Å²) in [6.07, 6.45) is 2.42. The maximum absolute atomic E-state index is 12.6. The van der Waals surface area contributed by atoms with Crippen LogP contribution in [0, 0.1) is 0 Å². The second-order valence-electron chi connectivity index (χ2n) is 7.28. The number of fused-ring (bicyclic) bond motifs is 1. The molecule has 156 valence electrons. The van der Waals surface area contributed by atoms with Gasteiger partial charge in [0.1, 0.15) is 29.6 Å². The first-order valence-corrected chi connectivity index (χ1v) is 10.2. The van der Waals surface area contributed by atoms with E-state index < -0.39 is 0 Å². The Bertz CT molecular complexity index is 987. The van der Waals surface area contributed by atoms with Crippen LogP contribution < -0.4 is 10.1 Å². The molecule has 3 aromatic rings. The molecule has 7 nitrogen and oxygen atoms in total. The van der Waals surface area contributed by atoms with Crippen molar-refractivity contribution in [1.82, 2.24) is 19.8 Å². The minimum Gasteiger partial charge on any atom is -0.508 e. The smallest absolute Gasteiger partial charge is 0.269 e. The van der Waals surface area contributed by atoms with Gasteiger partial charge in [0.15, 0.2) is 0 Å². The molecule has 7 heteroatoms. The van der Waals surface area contributed by atoms with Crippen molar-refractivity contribution in [3.63, 3.8) is 0 Å². The molecule has 0 saturated carbocycles. The van der Waals surface area contributed by atoms with Crippen LogP contribution >= 0.6 is 0 Å². The minimum absolute atomic E-state index is 0.139. The molecular weight excluding hydrogens is 380 g/mol. The van der Waals surface area contributed by atoms with Crippen molar-refractivity contribution in [1.29, 1.82) is 0 Å². The summed E-state index contributed by atoms with van der Waals surface area (Å²) in [5, 5.41) is 12.9. The Morgan fingerprint density at radius 2 is 1.87 bits per heavy atom. The number of ether oxygens (including phenoxy) is 1. The molecular formula is C23H26N4O3. The Balaban J connectivity index is 1.31. The molecule has 0 atom stereocenters. The van der Waals surface area contributed by atoms with Gasteiger partial charge < -0.3 is 19.7 Å². The average Bonchev–Trinajstić information content (AvgIpc) is 3.08. The first-order chi connectivity index (χ1) is 14.7. The van der Waals surface area contributed by atoms with Crippen molar-refractivity contribution in [2.75, 3.05) is 26.2 Å². The summed E-state index contributed by atoms with van der Waals surface area (Å²) in [5.41, 5.74) is 1.49. The highest BCUT2D eigenvalue weighted by Gasteiger charge is 2.21. The van der Waals surface area contributed by atoms with E-state index in [2.05, 4.69) is 15.2 Å². The molecule has 0 fully saturated rings. The number of carbonyl (C=O) groups excluding carboxylic acids is 1. The zero-order chi connectivity index (χ0) is 20.8. The van der Waals surface area contributed by atoms with Gasteiger partial charge in [-0.15, -0.1) is 0 Å². The Morgan fingerprint density at radius 1 is 1.07 bits per heavy atom. The lowest BCUT2D eigenvalue weighted by Gasteiger charge is -2.20. The number of rotatable bonds is 7. The van der Waals surface area contributed by atoms with Gasteiger partial charge in [-0.3, -0.25) is 9.69 Å². The van der Waals surface area contributed by atoms with Crippen molar-refractivity contribution < 1.29 is 14.6 Å². The van der Waals surface area contributed by atoms with Gasteiger partial charge in [0.25, 0.3) is 5.91 Å². The van der Waals surface area contributed by atoms with Crippen LogP contribution in [0.4, 0.5) is 0 Å². The largest absolute Gasteiger partial charge is 0.508 e. The summed E-state index contributed by atoms with van der Waals surface area (Å²) in [6, 6.07) is 16.9. The highest BCUT2D eigenvalue weighted by molar-refractivity contribution is 5.92. The first kappa shape index (κ1) is 20.0. The fourth-order valence-electron chi connectivity index (χ4n) is 3.64. The topological polar surface area (TPSA) is 79.6 Å². The van der Waals surface area contributed by atoms with E-state index in [-0.39, 0.29) is 5.91 Å². The van der Waals surface area contributed by atoms with Gasteiger partial charge in [-0.1, -0.05) is 36.4 Å². The molecule has 1 amide bonds. The molecule has 1 aromatic heterocycles. The first-order valence-electron chi connectivity index (χ1n) is 10.2. The number of phenolic OH excluding ortho intramolecular Hbond substituents is 1. The van der Waals surface area contributed by atoms with Crippen LogP contribution in [-0.2, 0) is 19.5 Å². The van der Waals surface area contributed by atoms with Crippen LogP contribution in [0.15, 0.2) is 60.8 Å². The number of nitrogens with one attached hydrogen (secondary N) is 1. The number of nitrogens with zero attached hydrogens (tertiary/aromatic N) is 3. The third kappa shape index (κ3) is 4.80. The number of hydrogen-bond donors (Lipinski definition) is 2. The van der Waals surface area contributed by atoms with Crippen LogP contribution in [0.25, 0.3) is 0 Å². The molecule has 0 aliphatic carbocycles. The van der Waals surface area contributed by atoms with E-state index in [1.54, 1.807) is 12.3 Å². The lowest BCUT2D eigenvalue weighted by atomic mass is 10.2. The van der Waals surface area contributed by atoms with Crippen molar-refractivity contribution >= 4 is 5.91 Å². The molecule has 30 heavy (non-hydrogen) atoms. The van der Waals surface area contributed by atoms with E-state index >= 15 is 0 Å². The van der Waals surface area contributed by atoms with E-state index in [0.717, 1.165) is 36.6 Å². The van der Waals surface area contributed by atoms with Gasteiger partial charge in [-0.05, 0) is 18.2 Å². The Labute approximate surface area is 175 Å². The second kappa shape index (κ2) is 9.45. The normalized spacial score (nSPS) is 14.0. The van der Waals surface area contributed by atoms with Gasteiger partial charge >= 0.3 is 0 Å². The molecule has 4 rings (SSSR count). The molecule has 2 aromatic carbocycles. The number of aromatic nitrogens is 2. The molecule has 1 aliphatic heterocycles. The third-order valence-electron chi connectivity index (χ3n) is 5.25. The van der Waals surface area contributed by atoms with Crippen LogP contribution in [0.2, 0.25) is 0 Å². The predicted octanol–water partition coefficient (Wildman–Crippen LogP) is 2.46. The maximum atomic E-state index is 12.6. The summed E-state index contributed by atoms with van der Waals surface area (Å²) >= 11 is 0. The van der Waals surface area contributed by atoms with Crippen LogP contribution in [-0.4, -0.2) is 51.7 Å². The van der Waals surface area contributed by atoms with E-state index in [1.807, 2.05) is 53.1 Å². The van der Waals surface area contributed by atoms with Gasteiger partial charge in [0.05, 0.1) is 12.7 Å². The van der Waals surface area contributed by atoms with E-state index in [0.29, 0.717) is 37.7 Å². The summed E-state index contributed by atoms with van der Waals surface area (Å²) in [7, 11) is 0. The number of amides is 1. The Hall–Kier alpha value is -3.32. The van der Waals surface area contributed by atoms with E-state index in [9.17, 15) is 9.90 Å². The lowest BCUT2D eigenvalue weighted by Crippen LogP contribution is -2.31. The number of imidazole rings is 1. The second-order valence-corrected chi connectivity index (χ2v) is 7.28. The molecule has 0 saturated heterocycles. The van der Waals surface area contributed by atoms with Crippen LogP contribution in [0.3, 0.4) is 0 Å². The molecule has 0 bridgehead atoms. The van der Waals surface area contributed by atoms with Gasteiger partial charge in [0.2, 0.25) is 0 Å². The van der Waals surface area contributed by atoms with Gasteiger partial charge in [-0.2, -0.15) is 0 Å². The van der Waals surface area contributed by atoms with Crippen LogP contribution in [0.5, 0.6) is 11.5 Å². The summed E-state index contributed by atoms with van der Waals surface area (Å²) in [6.45, 7) is 3.81. The number of carbonyl (C=O) groups is 1. The number of para-hydroxylation sites is 2.